The summed E-state index contributed by atoms with van der Waals surface area (Å²) in [4.78, 5) is 16.0. The summed E-state index contributed by atoms with van der Waals surface area (Å²) in [6.45, 7) is 3.01. The molecule has 20 heavy (non-hydrogen) atoms. The SMILES string of the molecule is CCNC(=O)CCn1c(CCl)nc2cc(Cl)c(Cl)cc21. The summed E-state index contributed by atoms with van der Waals surface area (Å²) in [6.07, 6.45) is 0.365. The molecule has 1 amide bonds. The Bertz CT molecular complexity index is 639. The summed E-state index contributed by atoms with van der Waals surface area (Å²) in [6, 6.07) is 3.46. The summed E-state index contributed by atoms with van der Waals surface area (Å²) in [7, 11) is 0. The Morgan fingerprint density at radius 1 is 1.35 bits per heavy atom. The number of imidazole rings is 1. The number of rotatable bonds is 5. The number of fused-ring (bicyclic) bond motifs is 1. The molecule has 2 aromatic rings. The van der Waals surface area contributed by atoms with Crippen molar-refractivity contribution in [2.45, 2.75) is 25.8 Å². The van der Waals surface area contributed by atoms with Gasteiger partial charge in [0.15, 0.2) is 0 Å². The summed E-state index contributed by atoms with van der Waals surface area (Å²) in [5, 5.41) is 3.67. The van der Waals surface area contributed by atoms with Crippen molar-refractivity contribution in [2.75, 3.05) is 6.54 Å². The van der Waals surface area contributed by atoms with E-state index in [1.165, 1.54) is 0 Å². The van der Waals surface area contributed by atoms with Crippen LogP contribution >= 0.6 is 34.8 Å². The molecule has 1 aromatic heterocycles. The Balaban J connectivity index is 2.35. The van der Waals surface area contributed by atoms with Gasteiger partial charge in [-0.25, -0.2) is 4.98 Å². The average molecular weight is 335 g/mol. The lowest BCUT2D eigenvalue weighted by Crippen LogP contribution is -2.24. The van der Waals surface area contributed by atoms with Crippen molar-refractivity contribution in [2.24, 2.45) is 0 Å². The molecule has 0 aliphatic heterocycles. The molecule has 1 N–H and O–H groups in total. The number of benzene rings is 1. The van der Waals surface area contributed by atoms with Gasteiger partial charge in [0.2, 0.25) is 5.91 Å². The molecule has 4 nitrogen and oxygen atoms in total. The fourth-order valence-electron chi connectivity index (χ4n) is 2.02. The zero-order chi connectivity index (χ0) is 14.7. The van der Waals surface area contributed by atoms with E-state index in [-0.39, 0.29) is 11.8 Å². The minimum Gasteiger partial charge on any atom is -0.356 e. The highest BCUT2D eigenvalue weighted by Gasteiger charge is 2.13. The normalized spacial score (nSPS) is 11.0. The summed E-state index contributed by atoms with van der Waals surface area (Å²) >= 11 is 17.9. The van der Waals surface area contributed by atoms with Gasteiger partial charge < -0.3 is 9.88 Å². The summed E-state index contributed by atoms with van der Waals surface area (Å²) in [5.41, 5.74) is 1.56. The number of hydrogen-bond donors (Lipinski definition) is 1. The van der Waals surface area contributed by atoms with E-state index in [0.29, 0.717) is 35.4 Å². The number of alkyl halides is 1. The van der Waals surface area contributed by atoms with E-state index in [0.717, 1.165) is 11.0 Å². The van der Waals surface area contributed by atoms with Gasteiger partial charge in [-0.3, -0.25) is 4.79 Å². The van der Waals surface area contributed by atoms with Crippen LogP contribution < -0.4 is 5.32 Å². The second-order valence-corrected chi connectivity index (χ2v) is 5.35. The number of hydrogen-bond acceptors (Lipinski definition) is 2. The predicted molar refractivity (Wildman–Crippen MR) is 82.6 cm³/mol. The van der Waals surface area contributed by atoms with Gasteiger partial charge >= 0.3 is 0 Å². The molecular formula is C13H14Cl3N3O. The van der Waals surface area contributed by atoms with Crippen LogP contribution in [0.25, 0.3) is 11.0 Å². The zero-order valence-electron chi connectivity index (χ0n) is 10.9. The van der Waals surface area contributed by atoms with Crippen molar-refractivity contribution in [3.8, 4) is 0 Å². The van der Waals surface area contributed by atoms with Crippen molar-refractivity contribution in [3.63, 3.8) is 0 Å². The molecule has 7 heteroatoms. The molecule has 0 bridgehead atoms. The molecule has 108 valence electrons. The quantitative estimate of drug-likeness (QED) is 0.849. The molecule has 0 unspecified atom stereocenters. The molecule has 0 saturated heterocycles. The first kappa shape index (κ1) is 15.4. The highest BCUT2D eigenvalue weighted by Crippen LogP contribution is 2.28. The van der Waals surface area contributed by atoms with Crippen molar-refractivity contribution in [1.29, 1.82) is 0 Å². The van der Waals surface area contributed by atoms with Crippen molar-refractivity contribution in [3.05, 3.63) is 28.0 Å². The molecule has 0 atom stereocenters. The number of carbonyl (C=O) groups excluding carboxylic acids is 1. The smallest absolute Gasteiger partial charge is 0.221 e. The van der Waals surface area contributed by atoms with Gasteiger partial charge in [-0.15, -0.1) is 11.6 Å². The molecule has 2 rings (SSSR count). The molecule has 0 aliphatic rings. The van der Waals surface area contributed by atoms with E-state index in [4.69, 9.17) is 34.8 Å². The van der Waals surface area contributed by atoms with Gasteiger partial charge in [0.1, 0.15) is 5.82 Å². The first-order valence-corrected chi connectivity index (χ1v) is 7.52. The Labute approximate surface area is 132 Å². The topological polar surface area (TPSA) is 46.9 Å². The number of halogens is 3. The van der Waals surface area contributed by atoms with Crippen LogP contribution in [0.2, 0.25) is 10.0 Å². The van der Waals surface area contributed by atoms with Crippen molar-refractivity contribution in [1.82, 2.24) is 14.9 Å². The van der Waals surface area contributed by atoms with Gasteiger partial charge in [-0.1, -0.05) is 23.2 Å². The molecule has 0 spiro atoms. The number of aryl methyl sites for hydroxylation is 1. The van der Waals surface area contributed by atoms with Gasteiger partial charge in [-0.05, 0) is 19.1 Å². The van der Waals surface area contributed by atoms with E-state index in [1.807, 2.05) is 11.5 Å². The summed E-state index contributed by atoms with van der Waals surface area (Å²) < 4.78 is 1.90. The van der Waals surface area contributed by atoms with Crippen LogP contribution in [0.15, 0.2) is 12.1 Å². The number of amides is 1. The van der Waals surface area contributed by atoms with Crippen LogP contribution in [-0.4, -0.2) is 22.0 Å². The van der Waals surface area contributed by atoms with Gasteiger partial charge in [-0.2, -0.15) is 0 Å². The predicted octanol–water partition coefficient (Wildman–Crippen LogP) is 3.61. The molecule has 0 saturated carbocycles. The molecule has 0 radical (unpaired) electrons. The molecule has 0 fully saturated rings. The Morgan fingerprint density at radius 3 is 2.70 bits per heavy atom. The molecule has 1 heterocycles. The molecule has 1 aromatic carbocycles. The maximum Gasteiger partial charge on any atom is 0.221 e. The van der Waals surface area contributed by atoms with E-state index in [1.54, 1.807) is 12.1 Å². The van der Waals surface area contributed by atoms with Gasteiger partial charge in [0.05, 0.1) is 27.0 Å². The van der Waals surface area contributed by atoms with Gasteiger partial charge in [0, 0.05) is 19.5 Å². The highest BCUT2D eigenvalue weighted by atomic mass is 35.5. The van der Waals surface area contributed by atoms with Crippen LogP contribution in [-0.2, 0) is 17.2 Å². The number of nitrogens with zero attached hydrogens (tertiary/aromatic N) is 2. The lowest BCUT2D eigenvalue weighted by molar-refractivity contribution is -0.121. The van der Waals surface area contributed by atoms with Crippen LogP contribution in [0, 0.1) is 0 Å². The minimum absolute atomic E-state index is 0.00469. The lowest BCUT2D eigenvalue weighted by Gasteiger charge is -2.08. The third-order valence-corrected chi connectivity index (χ3v) is 3.89. The first-order chi connectivity index (χ1) is 9.56. The van der Waals surface area contributed by atoms with Gasteiger partial charge in [0.25, 0.3) is 0 Å². The first-order valence-electron chi connectivity index (χ1n) is 6.23. The summed E-state index contributed by atoms with van der Waals surface area (Å²) in [5.74, 6) is 0.957. The van der Waals surface area contributed by atoms with E-state index in [9.17, 15) is 4.79 Å². The number of nitrogens with one attached hydrogen (secondary N) is 1. The van der Waals surface area contributed by atoms with Crippen molar-refractivity contribution < 1.29 is 4.79 Å². The van der Waals surface area contributed by atoms with Crippen LogP contribution in [0.4, 0.5) is 0 Å². The average Bonchev–Trinajstić information content (AvgIpc) is 2.74. The number of carbonyl (C=O) groups is 1. The maximum absolute atomic E-state index is 11.6. The zero-order valence-corrected chi connectivity index (χ0v) is 13.2. The van der Waals surface area contributed by atoms with Crippen LogP contribution in [0.3, 0.4) is 0 Å². The Morgan fingerprint density at radius 2 is 2.05 bits per heavy atom. The van der Waals surface area contributed by atoms with E-state index >= 15 is 0 Å². The Hall–Kier alpha value is -0.970. The van der Waals surface area contributed by atoms with Crippen LogP contribution in [0.1, 0.15) is 19.2 Å². The van der Waals surface area contributed by atoms with E-state index in [2.05, 4.69) is 10.3 Å². The van der Waals surface area contributed by atoms with Crippen molar-refractivity contribution >= 4 is 51.7 Å². The third-order valence-electron chi connectivity index (χ3n) is 2.93. The largest absolute Gasteiger partial charge is 0.356 e. The third kappa shape index (κ3) is 3.19. The standard InChI is InChI=1S/C13H14Cl3N3O/c1-2-17-13(20)3-4-19-11-6-9(16)8(15)5-10(11)18-12(19)7-14/h5-6H,2-4,7H2,1H3,(H,17,20). The minimum atomic E-state index is -0.00469. The lowest BCUT2D eigenvalue weighted by atomic mass is 10.3. The fraction of sp³-hybridized carbons (Fsp3) is 0.385. The Kier molecular flexibility index (Phi) is 5.13. The fourth-order valence-corrected chi connectivity index (χ4v) is 2.54. The number of aromatic nitrogens is 2. The molecular weight excluding hydrogens is 321 g/mol. The second kappa shape index (κ2) is 6.66. The molecule has 0 aliphatic carbocycles. The monoisotopic (exact) mass is 333 g/mol. The second-order valence-electron chi connectivity index (χ2n) is 4.27. The van der Waals surface area contributed by atoms with Crippen LogP contribution in [0.5, 0.6) is 0 Å². The van der Waals surface area contributed by atoms with E-state index < -0.39 is 0 Å². The maximum atomic E-state index is 11.6. The highest BCUT2D eigenvalue weighted by molar-refractivity contribution is 6.42.